The molecule has 2 amide bonds. The Labute approximate surface area is 214 Å². The molecule has 11 heteroatoms. The molecule has 192 valence electrons. The van der Waals surface area contributed by atoms with Crippen LogP contribution in [-0.4, -0.2) is 56.9 Å². The van der Waals surface area contributed by atoms with Crippen molar-refractivity contribution < 1.29 is 14.3 Å². The van der Waals surface area contributed by atoms with Crippen molar-refractivity contribution in [3.8, 4) is 11.5 Å². The Balaban J connectivity index is 1.35. The number of aromatic nitrogens is 5. The summed E-state index contributed by atoms with van der Waals surface area (Å²) in [6, 6.07) is 7.87. The summed E-state index contributed by atoms with van der Waals surface area (Å²) in [6.07, 6.45) is 3.52. The number of ether oxygens (including phenoxy) is 1. The van der Waals surface area contributed by atoms with Crippen LogP contribution in [0.15, 0.2) is 24.3 Å². The smallest absolute Gasteiger partial charge is 0.407 e. The predicted octanol–water partition coefficient (Wildman–Crippen LogP) is 3.03. The van der Waals surface area contributed by atoms with E-state index in [0.29, 0.717) is 47.0 Å². The topological polar surface area (TPSA) is 118 Å². The zero-order valence-electron chi connectivity index (χ0n) is 21.5. The highest BCUT2D eigenvalue weighted by molar-refractivity contribution is 6.10. The first kappa shape index (κ1) is 23.4. The molecule has 1 N–H and O–H groups in total. The number of amides is 2. The number of fused-ring (bicyclic) bond motifs is 2. The van der Waals surface area contributed by atoms with Crippen LogP contribution in [0.3, 0.4) is 0 Å². The first-order chi connectivity index (χ1) is 17.8. The number of hydrogen-bond donors (Lipinski definition) is 1. The lowest BCUT2D eigenvalue weighted by atomic mass is 10.0. The van der Waals surface area contributed by atoms with Crippen molar-refractivity contribution >= 4 is 23.6 Å². The fraction of sp³-hybridized carbons (Fsp3) is 0.462. The van der Waals surface area contributed by atoms with E-state index < -0.39 is 6.09 Å². The van der Waals surface area contributed by atoms with Crippen molar-refractivity contribution in [1.29, 1.82) is 0 Å². The van der Waals surface area contributed by atoms with Gasteiger partial charge in [-0.25, -0.2) is 14.8 Å². The summed E-state index contributed by atoms with van der Waals surface area (Å²) in [4.78, 5) is 38.8. The zero-order valence-corrected chi connectivity index (χ0v) is 21.5. The van der Waals surface area contributed by atoms with Crippen LogP contribution in [0, 0.1) is 0 Å². The maximum absolute atomic E-state index is 13.7. The second-order valence-corrected chi connectivity index (χ2v) is 10.5. The Bertz CT molecular complexity index is 1410. The molecule has 1 aliphatic carbocycles. The van der Waals surface area contributed by atoms with Crippen LogP contribution in [0.4, 0.5) is 16.4 Å². The molecule has 0 aromatic carbocycles. The van der Waals surface area contributed by atoms with Crippen LogP contribution in [-0.2, 0) is 29.8 Å². The number of nitrogens with zero attached hydrogens (tertiary/aromatic N) is 7. The van der Waals surface area contributed by atoms with E-state index in [1.54, 1.807) is 4.90 Å². The van der Waals surface area contributed by atoms with Crippen molar-refractivity contribution in [3.63, 3.8) is 0 Å². The molecule has 1 fully saturated rings. The number of nitrogens with one attached hydrogen (secondary N) is 1. The van der Waals surface area contributed by atoms with E-state index >= 15 is 0 Å². The van der Waals surface area contributed by atoms with Gasteiger partial charge in [-0.2, -0.15) is 0 Å². The lowest BCUT2D eigenvalue weighted by Crippen LogP contribution is -2.25. The van der Waals surface area contributed by atoms with Crippen LogP contribution in [0.1, 0.15) is 60.5 Å². The number of anilines is 2. The Hall–Kier alpha value is -4.02. The van der Waals surface area contributed by atoms with Gasteiger partial charge in [0, 0.05) is 37.7 Å². The van der Waals surface area contributed by atoms with Crippen molar-refractivity contribution in [1.82, 2.24) is 30.0 Å². The lowest BCUT2D eigenvalue weighted by Gasteiger charge is -2.22. The second-order valence-electron chi connectivity index (χ2n) is 10.5. The Morgan fingerprint density at radius 2 is 2.05 bits per heavy atom. The largest absolute Gasteiger partial charge is 0.443 e. The highest BCUT2D eigenvalue weighted by atomic mass is 16.5. The second kappa shape index (κ2) is 8.53. The predicted molar refractivity (Wildman–Crippen MR) is 136 cm³/mol. The van der Waals surface area contributed by atoms with Crippen molar-refractivity contribution in [2.75, 3.05) is 23.9 Å². The van der Waals surface area contributed by atoms with E-state index in [4.69, 9.17) is 14.7 Å². The van der Waals surface area contributed by atoms with Crippen LogP contribution in [0.2, 0.25) is 0 Å². The molecule has 5 heterocycles. The van der Waals surface area contributed by atoms with Crippen molar-refractivity contribution in [2.45, 2.75) is 64.3 Å². The van der Waals surface area contributed by atoms with Gasteiger partial charge < -0.3 is 19.5 Å². The van der Waals surface area contributed by atoms with Crippen LogP contribution < -0.4 is 15.1 Å². The summed E-state index contributed by atoms with van der Waals surface area (Å²) >= 11 is 0. The van der Waals surface area contributed by atoms with E-state index in [2.05, 4.69) is 38.8 Å². The summed E-state index contributed by atoms with van der Waals surface area (Å²) in [7, 11) is 3.49. The van der Waals surface area contributed by atoms with Gasteiger partial charge in [0.1, 0.15) is 29.8 Å². The number of carbonyl (C=O) groups is 2. The fourth-order valence-corrected chi connectivity index (χ4v) is 5.20. The number of carbonyl (C=O) groups excluding carboxylic acids is 2. The minimum absolute atomic E-state index is 0.0239. The molecular weight excluding hydrogens is 472 g/mol. The highest BCUT2D eigenvalue weighted by Gasteiger charge is 2.37. The van der Waals surface area contributed by atoms with Crippen molar-refractivity contribution in [3.05, 3.63) is 46.9 Å². The monoisotopic (exact) mass is 502 g/mol. The van der Waals surface area contributed by atoms with Gasteiger partial charge >= 0.3 is 6.09 Å². The molecule has 0 atom stereocenters. The molecule has 0 bridgehead atoms. The third kappa shape index (κ3) is 3.98. The SMILES string of the molecule is CNC(=O)OCc1nc(N(C)C2CC2)cc2c1CN(c1cccc(-c3nnc4n3C(C)(C)CC4)n1)C2=O. The summed E-state index contributed by atoms with van der Waals surface area (Å²) in [5.74, 6) is 2.74. The van der Waals surface area contributed by atoms with E-state index in [-0.39, 0.29) is 18.1 Å². The third-order valence-electron chi connectivity index (χ3n) is 7.52. The highest BCUT2D eigenvalue weighted by Crippen LogP contribution is 2.37. The molecule has 0 radical (unpaired) electrons. The summed E-state index contributed by atoms with van der Waals surface area (Å²) in [5, 5.41) is 11.3. The number of aryl methyl sites for hydroxylation is 1. The Morgan fingerprint density at radius 3 is 2.81 bits per heavy atom. The molecule has 6 rings (SSSR count). The van der Waals surface area contributed by atoms with E-state index in [9.17, 15) is 9.59 Å². The number of hydrogen-bond acceptors (Lipinski definition) is 8. The van der Waals surface area contributed by atoms with Crippen LogP contribution in [0.25, 0.3) is 11.5 Å². The average molecular weight is 503 g/mol. The van der Waals surface area contributed by atoms with Crippen LogP contribution >= 0.6 is 0 Å². The van der Waals surface area contributed by atoms with E-state index in [0.717, 1.165) is 37.1 Å². The molecule has 11 nitrogen and oxygen atoms in total. The van der Waals surface area contributed by atoms with Gasteiger partial charge in [-0.15, -0.1) is 10.2 Å². The molecule has 3 aromatic heterocycles. The van der Waals surface area contributed by atoms with Crippen molar-refractivity contribution in [2.24, 2.45) is 0 Å². The molecule has 0 unspecified atom stereocenters. The van der Waals surface area contributed by atoms with Gasteiger partial charge in [-0.1, -0.05) is 6.07 Å². The minimum atomic E-state index is -0.546. The first-order valence-electron chi connectivity index (χ1n) is 12.6. The normalized spacial score (nSPS) is 17.5. The summed E-state index contributed by atoms with van der Waals surface area (Å²) < 4.78 is 7.48. The van der Waals surface area contributed by atoms with Crippen LogP contribution in [0.5, 0.6) is 0 Å². The lowest BCUT2D eigenvalue weighted by molar-refractivity contribution is 0.0996. The molecule has 0 saturated heterocycles. The molecule has 0 spiro atoms. The Morgan fingerprint density at radius 1 is 1.24 bits per heavy atom. The maximum Gasteiger partial charge on any atom is 0.407 e. The summed E-state index contributed by atoms with van der Waals surface area (Å²) in [5.41, 5.74) is 2.46. The number of alkyl carbamates (subject to hydrolysis) is 1. The quantitative estimate of drug-likeness (QED) is 0.547. The number of rotatable bonds is 6. The van der Waals surface area contributed by atoms with E-state index in [1.165, 1.54) is 7.05 Å². The van der Waals surface area contributed by atoms with E-state index in [1.807, 2.05) is 31.3 Å². The maximum atomic E-state index is 13.7. The van der Waals surface area contributed by atoms with Gasteiger partial charge in [0.15, 0.2) is 5.82 Å². The standard InChI is InChI=1S/C26H30N8O3/c1-26(2)11-10-21-30-31-23(34(21)26)18-6-5-7-20(28-18)33-13-17-16(24(33)35)12-22(32(4)15-8-9-15)29-19(17)14-37-25(36)27-3/h5-7,12,15H,8-11,13-14H2,1-4H3,(H,27,36). The first-order valence-corrected chi connectivity index (χ1v) is 12.6. The molecule has 3 aliphatic rings. The fourth-order valence-electron chi connectivity index (χ4n) is 5.20. The minimum Gasteiger partial charge on any atom is -0.443 e. The number of pyridine rings is 2. The van der Waals surface area contributed by atoms with Gasteiger partial charge in [-0.05, 0) is 51.3 Å². The molecule has 37 heavy (non-hydrogen) atoms. The summed E-state index contributed by atoms with van der Waals surface area (Å²) in [6.45, 7) is 4.61. The van der Waals surface area contributed by atoms with Gasteiger partial charge in [0.05, 0.1) is 17.8 Å². The third-order valence-corrected chi connectivity index (χ3v) is 7.52. The molecule has 2 aliphatic heterocycles. The van der Waals surface area contributed by atoms with Gasteiger partial charge in [0.25, 0.3) is 5.91 Å². The average Bonchev–Trinajstić information content (AvgIpc) is 3.46. The molecule has 1 saturated carbocycles. The zero-order chi connectivity index (χ0) is 25.9. The molecule has 3 aromatic rings. The molecular formula is C26H30N8O3. The van der Waals surface area contributed by atoms with Gasteiger partial charge in [-0.3, -0.25) is 9.69 Å². The van der Waals surface area contributed by atoms with Gasteiger partial charge in [0.2, 0.25) is 0 Å². The Kier molecular flexibility index (Phi) is 5.39.